The molecule has 2 aliphatic heterocycles. The molecule has 2 saturated heterocycles. The normalized spacial score (nSPS) is 22.5. The summed E-state index contributed by atoms with van der Waals surface area (Å²) in [7, 11) is 0. The zero-order valence-electron chi connectivity index (χ0n) is 11.8. The second kappa shape index (κ2) is 5.55. The highest BCUT2D eigenvalue weighted by Gasteiger charge is 2.51. The Bertz CT molecular complexity index is 657. The maximum Gasteiger partial charge on any atom is 0.273 e. The lowest BCUT2D eigenvalue weighted by Gasteiger charge is -2.47. The van der Waals surface area contributed by atoms with Crippen molar-refractivity contribution in [3.63, 3.8) is 0 Å². The lowest BCUT2D eigenvalue weighted by atomic mass is 9.92. The Morgan fingerprint density at radius 3 is 3.09 bits per heavy atom. The topological polar surface area (TPSA) is 55.3 Å². The first-order valence-corrected chi connectivity index (χ1v) is 9.05. The Morgan fingerprint density at radius 1 is 1.45 bits per heavy atom. The Kier molecular flexibility index (Phi) is 3.54. The SMILES string of the molecule is O=C(c1cscn1)N1CC2(CC(Oc3cccnc3)CS2)C1. The summed E-state index contributed by atoms with van der Waals surface area (Å²) >= 11 is 3.38. The third-order valence-corrected chi connectivity index (χ3v) is 6.17. The van der Waals surface area contributed by atoms with Crippen LogP contribution in [-0.2, 0) is 0 Å². The van der Waals surface area contributed by atoms with Crippen LogP contribution in [0, 0.1) is 0 Å². The molecule has 0 bridgehead atoms. The predicted octanol–water partition coefficient (Wildman–Crippen LogP) is 2.32. The van der Waals surface area contributed by atoms with E-state index in [-0.39, 0.29) is 16.8 Å². The molecule has 1 spiro atoms. The Balaban J connectivity index is 1.33. The lowest BCUT2D eigenvalue weighted by Crippen LogP contribution is -2.60. The van der Waals surface area contributed by atoms with Crippen LogP contribution in [0.25, 0.3) is 0 Å². The van der Waals surface area contributed by atoms with Gasteiger partial charge in [-0.1, -0.05) is 0 Å². The van der Waals surface area contributed by atoms with Gasteiger partial charge in [-0.25, -0.2) is 4.98 Å². The first-order chi connectivity index (χ1) is 10.7. The van der Waals surface area contributed by atoms with E-state index in [0.29, 0.717) is 5.69 Å². The Morgan fingerprint density at radius 2 is 2.36 bits per heavy atom. The second-order valence-electron chi connectivity index (χ2n) is 5.66. The molecule has 2 aromatic rings. The van der Waals surface area contributed by atoms with Gasteiger partial charge in [-0.3, -0.25) is 9.78 Å². The van der Waals surface area contributed by atoms with Gasteiger partial charge in [0, 0.05) is 36.8 Å². The van der Waals surface area contributed by atoms with Gasteiger partial charge in [0.25, 0.3) is 5.91 Å². The molecule has 0 aliphatic carbocycles. The molecular formula is C15H15N3O2S2. The minimum atomic E-state index is 0.0455. The lowest BCUT2D eigenvalue weighted by molar-refractivity contribution is 0.0513. The number of carbonyl (C=O) groups is 1. The molecule has 2 aliphatic rings. The number of ether oxygens (including phenoxy) is 1. The number of hydrogen-bond acceptors (Lipinski definition) is 6. The number of hydrogen-bond donors (Lipinski definition) is 0. The monoisotopic (exact) mass is 333 g/mol. The molecule has 0 saturated carbocycles. The van der Waals surface area contributed by atoms with Gasteiger partial charge in [-0.2, -0.15) is 0 Å². The van der Waals surface area contributed by atoms with Crippen LogP contribution in [0.2, 0.25) is 0 Å². The van der Waals surface area contributed by atoms with Crippen LogP contribution in [0.15, 0.2) is 35.4 Å². The van der Waals surface area contributed by atoms with Gasteiger partial charge >= 0.3 is 0 Å². The van der Waals surface area contributed by atoms with E-state index in [2.05, 4.69) is 9.97 Å². The van der Waals surface area contributed by atoms with Crippen LogP contribution >= 0.6 is 23.1 Å². The Labute approximate surface area is 136 Å². The fraction of sp³-hybridized carbons (Fsp3) is 0.400. The predicted molar refractivity (Wildman–Crippen MR) is 86.5 cm³/mol. The summed E-state index contributed by atoms with van der Waals surface area (Å²) in [5.74, 6) is 1.83. The van der Waals surface area contributed by atoms with Crippen molar-refractivity contribution in [3.05, 3.63) is 41.1 Å². The van der Waals surface area contributed by atoms with Crippen LogP contribution in [0.3, 0.4) is 0 Å². The molecule has 0 aromatic carbocycles. The van der Waals surface area contributed by atoms with Crippen molar-refractivity contribution in [1.82, 2.24) is 14.9 Å². The maximum absolute atomic E-state index is 12.2. The molecule has 114 valence electrons. The molecular weight excluding hydrogens is 318 g/mol. The number of amides is 1. The summed E-state index contributed by atoms with van der Waals surface area (Å²) in [6, 6.07) is 3.81. The van der Waals surface area contributed by atoms with Crippen molar-refractivity contribution in [1.29, 1.82) is 0 Å². The van der Waals surface area contributed by atoms with E-state index >= 15 is 0 Å². The molecule has 4 rings (SSSR count). The number of likely N-dealkylation sites (tertiary alicyclic amines) is 1. The van der Waals surface area contributed by atoms with Gasteiger partial charge in [0.15, 0.2) is 0 Å². The van der Waals surface area contributed by atoms with Gasteiger partial charge in [-0.15, -0.1) is 23.1 Å². The van der Waals surface area contributed by atoms with Crippen molar-refractivity contribution in [3.8, 4) is 5.75 Å². The molecule has 1 atom stereocenters. The minimum absolute atomic E-state index is 0.0455. The fourth-order valence-electron chi connectivity index (χ4n) is 2.98. The number of thioether (sulfide) groups is 1. The molecule has 4 heterocycles. The molecule has 1 amide bonds. The molecule has 7 heteroatoms. The molecule has 5 nitrogen and oxygen atoms in total. The second-order valence-corrected chi connectivity index (χ2v) is 7.87. The van der Waals surface area contributed by atoms with Crippen LogP contribution in [0.1, 0.15) is 16.9 Å². The van der Waals surface area contributed by atoms with E-state index in [1.54, 1.807) is 17.9 Å². The number of aromatic nitrogens is 2. The average molecular weight is 333 g/mol. The van der Waals surface area contributed by atoms with Crippen LogP contribution in [-0.4, -0.2) is 50.5 Å². The maximum atomic E-state index is 12.2. The van der Waals surface area contributed by atoms with Gasteiger partial charge < -0.3 is 9.64 Å². The van der Waals surface area contributed by atoms with Crippen LogP contribution in [0.4, 0.5) is 0 Å². The molecule has 2 fully saturated rings. The van der Waals surface area contributed by atoms with Gasteiger partial charge in [0.2, 0.25) is 0 Å². The summed E-state index contributed by atoms with van der Waals surface area (Å²) in [6.07, 6.45) is 4.67. The summed E-state index contributed by atoms with van der Waals surface area (Å²) in [6.45, 7) is 1.59. The average Bonchev–Trinajstić information content (AvgIpc) is 3.16. The standard InChI is InChI=1S/C15H15N3O2S2/c19-14(13-7-21-10-17-13)18-8-15(9-18)4-12(6-22-15)20-11-2-1-3-16-5-11/h1-3,5,7,10,12H,4,6,8-9H2. The van der Waals surface area contributed by atoms with Crippen LogP contribution in [0.5, 0.6) is 5.75 Å². The van der Waals surface area contributed by atoms with Crippen molar-refractivity contribution < 1.29 is 9.53 Å². The van der Waals surface area contributed by atoms with Crippen molar-refractivity contribution >= 4 is 29.0 Å². The highest BCUT2D eigenvalue weighted by Crippen LogP contribution is 2.46. The van der Waals surface area contributed by atoms with Crippen molar-refractivity contribution in [2.24, 2.45) is 0 Å². The van der Waals surface area contributed by atoms with E-state index in [9.17, 15) is 4.79 Å². The number of nitrogens with zero attached hydrogens (tertiary/aromatic N) is 3. The number of carbonyl (C=O) groups excluding carboxylic acids is 1. The van der Waals surface area contributed by atoms with Crippen molar-refractivity contribution in [2.75, 3.05) is 18.8 Å². The van der Waals surface area contributed by atoms with E-state index in [4.69, 9.17) is 4.74 Å². The smallest absolute Gasteiger partial charge is 0.273 e. The third kappa shape index (κ3) is 2.59. The number of thiazole rings is 1. The van der Waals surface area contributed by atoms with Crippen molar-refractivity contribution in [2.45, 2.75) is 17.3 Å². The highest BCUT2D eigenvalue weighted by atomic mass is 32.2. The summed E-state index contributed by atoms with van der Waals surface area (Å²) in [5.41, 5.74) is 2.26. The highest BCUT2D eigenvalue weighted by molar-refractivity contribution is 8.01. The largest absolute Gasteiger partial charge is 0.488 e. The van der Waals surface area contributed by atoms with Gasteiger partial charge in [0.05, 0.1) is 16.5 Å². The minimum Gasteiger partial charge on any atom is -0.488 e. The quantitative estimate of drug-likeness (QED) is 0.863. The third-order valence-electron chi connectivity index (χ3n) is 4.01. The zero-order chi connectivity index (χ0) is 15.0. The Hall–Kier alpha value is -1.60. The van der Waals surface area contributed by atoms with E-state index in [0.717, 1.165) is 31.0 Å². The summed E-state index contributed by atoms with van der Waals surface area (Å²) < 4.78 is 6.14. The molecule has 22 heavy (non-hydrogen) atoms. The van der Waals surface area contributed by atoms with E-state index in [1.165, 1.54) is 11.3 Å². The van der Waals surface area contributed by atoms with Crippen LogP contribution < -0.4 is 4.74 Å². The summed E-state index contributed by atoms with van der Waals surface area (Å²) in [5, 5.41) is 1.81. The van der Waals surface area contributed by atoms with E-state index < -0.39 is 0 Å². The van der Waals surface area contributed by atoms with E-state index in [1.807, 2.05) is 34.2 Å². The molecule has 0 N–H and O–H groups in total. The molecule has 0 radical (unpaired) electrons. The first kappa shape index (κ1) is 14.0. The summed E-state index contributed by atoms with van der Waals surface area (Å²) in [4.78, 5) is 22.3. The zero-order valence-corrected chi connectivity index (χ0v) is 13.5. The first-order valence-electron chi connectivity index (χ1n) is 7.12. The number of rotatable bonds is 3. The van der Waals surface area contributed by atoms with Gasteiger partial charge in [-0.05, 0) is 12.1 Å². The molecule has 2 aromatic heterocycles. The molecule has 1 unspecified atom stereocenters. The fourth-order valence-corrected chi connectivity index (χ4v) is 5.03. The van der Waals surface area contributed by atoms with Gasteiger partial charge in [0.1, 0.15) is 17.5 Å². The number of pyridine rings is 1.